The van der Waals surface area contributed by atoms with Gasteiger partial charge in [0.2, 0.25) is 0 Å². The second-order valence-corrected chi connectivity index (χ2v) is 4.44. The Balaban J connectivity index is 0.000000218. The molecule has 11 heavy (non-hydrogen) atoms. The summed E-state index contributed by atoms with van der Waals surface area (Å²) in [7, 11) is 2.84. The minimum atomic E-state index is -0.417. The molecule has 0 nitrogen and oxygen atoms in total. The Bertz CT molecular complexity index is 174. The lowest BCUT2D eigenvalue weighted by Crippen LogP contribution is -1.75. The highest BCUT2D eigenvalue weighted by atomic mass is 35.5. The van der Waals surface area contributed by atoms with Gasteiger partial charge in [-0.1, -0.05) is 29.8 Å². The van der Waals surface area contributed by atoms with Crippen molar-refractivity contribution < 1.29 is 0 Å². The molecule has 0 bridgehead atoms. The Kier molecular flexibility index (Phi) is 7.18. The molecule has 0 amide bonds. The van der Waals surface area contributed by atoms with Crippen LogP contribution in [0.15, 0.2) is 30.3 Å². The van der Waals surface area contributed by atoms with Gasteiger partial charge in [-0.2, -0.15) is 0 Å². The van der Waals surface area contributed by atoms with Gasteiger partial charge < -0.3 is 0 Å². The summed E-state index contributed by atoms with van der Waals surface area (Å²) in [5, 5.41) is 0.794. The molecule has 0 N–H and O–H groups in total. The standard InChI is InChI=1S/C6H5Cl.CHCl2Si/c7-6-4-2-1-3-5-6;2-1(3)4/h1-5H;1H. The third kappa shape index (κ3) is 10.3. The van der Waals surface area contributed by atoms with Crippen LogP contribution in [0.25, 0.3) is 0 Å². The van der Waals surface area contributed by atoms with Crippen molar-refractivity contribution in [3.8, 4) is 0 Å². The zero-order chi connectivity index (χ0) is 8.69. The van der Waals surface area contributed by atoms with Gasteiger partial charge in [0.05, 0.1) is 14.7 Å². The fourth-order valence-electron chi connectivity index (χ4n) is 0.415. The molecule has 1 rings (SSSR count). The van der Waals surface area contributed by atoms with E-state index in [9.17, 15) is 0 Å². The van der Waals surface area contributed by atoms with Crippen molar-refractivity contribution in [2.75, 3.05) is 0 Å². The van der Waals surface area contributed by atoms with Crippen molar-refractivity contribution in [1.82, 2.24) is 0 Å². The summed E-state index contributed by atoms with van der Waals surface area (Å²) in [5.74, 6) is 0. The predicted molar refractivity (Wildman–Crippen MR) is 52.7 cm³/mol. The van der Waals surface area contributed by atoms with Crippen LogP contribution in [0, 0.1) is 0 Å². The van der Waals surface area contributed by atoms with Crippen molar-refractivity contribution >= 4 is 45.0 Å². The molecule has 0 spiro atoms. The Morgan fingerprint density at radius 2 is 1.45 bits per heavy atom. The third-order valence-corrected chi connectivity index (χ3v) is 0.985. The van der Waals surface area contributed by atoms with E-state index in [2.05, 4.69) is 10.2 Å². The van der Waals surface area contributed by atoms with Crippen LogP contribution in [0.1, 0.15) is 0 Å². The fraction of sp³-hybridized carbons (Fsp3) is 0.143. The molecule has 0 aliphatic heterocycles. The van der Waals surface area contributed by atoms with Crippen molar-refractivity contribution in [2.45, 2.75) is 4.46 Å². The smallest absolute Gasteiger partial charge is 0.0898 e. The van der Waals surface area contributed by atoms with Crippen molar-refractivity contribution in [3.05, 3.63) is 35.4 Å². The van der Waals surface area contributed by atoms with Crippen LogP contribution in [0.2, 0.25) is 5.02 Å². The van der Waals surface area contributed by atoms with Crippen LogP contribution in [-0.4, -0.2) is 14.7 Å². The number of halogens is 3. The lowest BCUT2D eigenvalue weighted by molar-refractivity contribution is 1.71. The molecule has 1 aromatic carbocycles. The van der Waals surface area contributed by atoms with Gasteiger partial charge in [0.15, 0.2) is 0 Å². The van der Waals surface area contributed by atoms with E-state index < -0.39 is 4.46 Å². The highest BCUT2D eigenvalue weighted by molar-refractivity contribution is 6.60. The molecule has 0 fully saturated rings. The predicted octanol–water partition coefficient (Wildman–Crippen LogP) is 3.26. The molecule has 0 atom stereocenters. The molecular formula is C7H6Cl3Si. The number of hydrogen-bond donors (Lipinski definition) is 0. The van der Waals surface area contributed by atoms with Gasteiger partial charge in [0, 0.05) is 5.02 Å². The van der Waals surface area contributed by atoms with E-state index in [-0.39, 0.29) is 0 Å². The minimum absolute atomic E-state index is 0.417. The van der Waals surface area contributed by atoms with Crippen molar-refractivity contribution in [3.63, 3.8) is 0 Å². The first kappa shape index (κ1) is 11.3. The van der Waals surface area contributed by atoms with E-state index in [1.807, 2.05) is 30.3 Å². The molecule has 1 aromatic rings. The number of rotatable bonds is 0. The van der Waals surface area contributed by atoms with Crippen LogP contribution in [0.3, 0.4) is 0 Å². The second kappa shape index (κ2) is 6.98. The van der Waals surface area contributed by atoms with E-state index in [1.54, 1.807) is 0 Å². The Labute approximate surface area is 84.9 Å². The average molecular weight is 225 g/mol. The van der Waals surface area contributed by atoms with Gasteiger partial charge in [0.1, 0.15) is 0 Å². The summed E-state index contributed by atoms with van der Waals surface area (Å²) in [6.45, 7) is 0. The molecule has 0 unspecified atom stereocenters. The van der Waals surface area contributed by atoms with Crippen LogP contribution in [0.5, 0.6) is 0 Å². The Hall–Kier alpha value is 0.307. The maximum atomic E-state index is 5.54. The summed E-state index contributed by atoms with van der Waals surface area (Å²) in [6, 6.07) is 9.44. The summed E-state index contributed by atoms with van der Waals surface area (Å²) in [5.41, 5.74) is 0. The first-order valence-electron chi connectivity index (χ1n) is 2.82. The zero-order valence-electron chi connectivity index (χ0n) is 5.60. The van der Waals surface area contributed by atoms with Crippen LogP contribution < -0.4 is 0 Å². The fourth-order valence-corrected chi connectivity index (χ4v) is 0.560. The maximum Gasteiger partial charge on any atom is 0.0898 e. The van der Waals surface area contributed by atoms with Gasteiger partial charge >= 0.3 is 0 Å². The quantitative estimate of drug-likeness (QED) is 0.469. The van der Waals surface area contributed by atoms with Gasteiger partial charge in [-0.15, -0.1) is 23.2 Å². The molecular weight excluding hydrogens is 219 g/mol. The van der Waals surface area contributed by atoms with E-state index in [0.29, 0.717) is 0 Å². The molecule has 0 heterocycles. The number of benzene rings is 1. The van der Waals surface area contributed by atoms with E-state index in [1.165, 1.54) is 0 Å². The first-order valence-corrected chi connectivity index (χ1v) is 4.65. The molecule has 3 radical (unpaired) electrons. The molecule has 0 saturated heterocycles. The molecule has 59 valence electrons. The topological polar surface area (TPSA) is 0 Å². The number of hydrogen-bond acceptors (Lipinski definition) is 0. The average Bonchev–Trinajstić information content (AvgIpc) is 1.87. The van der Waals surface area contributed by atoms with E-state index >= 15 is 0 Å². The summed E-state index contributed by atoms with van der Waals surface area (Å²) in [6.07, 6.45) is 0. The second-order valence-electron chi connectivity index (χ2n) is 1.60. The zero-order valence-corrected chi connectivity index (χ0v) is 8.87. The van der Waals surface area contributed by atoms with E-state index in [0.717, 1.165) is 5.02 Å². The lowest BCUT2D eigenvalue weighted by atomic mass is 10.4. The van der Waals surface area contributed by atoms with Gasteiger partial charge in [-0.3, -0.25) is 0 Å². The van der Waals surface area contributed by atoms with Gasteiger partial charge in [-0.25, -0.2) is 0 Å². The van der Waals surface area contributed by atoms with Crippen molar-refractivity contribution in [2.24, 2.45) is 0 Å². The highest BCUT2D eigenvalue weighted by Crippen LogP contribution is 2.03. The third-order valence-electron chi connectivity index (χ3n) is 0.733. The highest BCUT2D eigenvalue weighted by Gasteiger charge is 1.76. The van der Waals surface area contributed by atoms with Crippen LogP contribution >= 0.6 is 34.8 Å². The van der Waals surface area contributed by atoms with E-state index in [4.69, 9.17) is 34.8 Å². The normalized spacial score (nSPS) is 8.82. The summed E-state index contributed by atoms with van der Waals surface area (Å²) >= 11 is 15.4. The Morgan fingerprint density at radius 3 is 1.64 bits per heavy atom. The molecule has 4 heteroatoms. The molecule has 0 aliphatic rings. The first-order chi connectivity index (χ1) is 5.13. The summed E-state index contributed by atoms with van der Waals surface area (Å²) < 4.78 is -0.417. The summed E-state index contributed by atoms with van der Waals surface area (Å²) in [4.78, 5) is 0. The van der Waals surface area contributed by atoms with Crippen molar-refractivity contribution in [1.29, 1.82) is 0 Å². The maximum absolute atomic E-state index is 5.54. The SMILES string of the molecule is Clc1ccccc1.[Si]C(Cl)Cl. The molecule has 0 aromatic heterocycles. The molecule has 0 saturated carbocycles. The largest absolute Gasteiger partial charge is 0.110 e. The lowest BCUT2D eigenvalue weighted by Gasteiger charge is -1.80. The molecule has 0 aliphatic carbocycles. The van der Waals surface area contributed by atoms with Crippen LogP contribution in [0.4, 0.5) is 0 Å². The van der Waals surface area contributed by atoms with Gasteiger partial charge in [0.25, 0.3) is 0 Å². The monoisotopic (exact) mass is 223 g/mol. The van der Waals surface area contributed by atoms with Crippen LogP contribution in [-0.2, 0) is 0 Å². The number of alkyl halides is 2. The van der Waals surface area contributed by atoms with Gasteiger partial charge in [-0.05, 0) is 12.1 Å². The minimum Gasteiger partial charge on any atom is -0.110 e. The Morgan fingerprint density at radius 1 is 1.09 bits per heavy atom.